The predicted molar refractivity (Wildman–Crippen MR) is 84.8 cm³/mol. The average molecular weight is 268 g/mol. The zero-order chi connectivity index (χ0) is 14.6. The van der Waals surface area contributed by atoms with E-state index in [1.807, 2.05) is 18.5 Å². The third-order valence-corrected chi connectivity index (χ3v) is 3.56. The summed E-state index contributed by atoms with van der Waals surface area (Å²) >= 11 is 0. The molecule has 0 saturated heterocycles. The van der Waals surface area contributed by atoms with Crippen LogP contribution in [0.25, 0.3) is 11.4 Å². The third-order valence-electron chi connectivity index (χ3n) is 3.56. The summed E-state index contributed by atoms with van der Waals surface area (Å²) < 4.78 is 0. The van der Waals surface area contributed by atoms with Crippen molar-refractivity contribution in [2.45, 2.75) is 52.4 Å². The zero-order valence-corrected chi connectivity index (χ0v) is 13.0. The summed E-state index contributed by atoms with van der Waals surface area (Å²) in [5, 5.41) is 0. The van der Waals surface area contributed by atoms with Gasteiger partial charge in [-0.1, -0.05) is 40.2 Å². The maximum absolute atomic E-state index is 4.56. The Morgan fingerprint density at radius 2 is 1.85 bits per heavy atom. The normalized spacial score (nSPS) is 11.6. The highest BCUT2D eigenvalue weighted by Gasteiger charge is 2.16. The Labute approximate surface area is 122 Å². The number of pyridine rings is 2. The lowest BCUT2D eigenvalue weighted by Gasteiger charge is -2.19. The second kappa shape index (κ2) is 6.17. The van der Waals surface area contributed by atoms with Crippen molar-refractivity contribution in [3.63, 3.8) is 0 Å². The zero-order valence-electron chi connectivity index (χ0n) is 13.0. The summed E-state index contributed by atoms with van der Waals surface area (Å²) in [6, 6.07) is 8.46. The lowest BCUT2D eigenvalue weighted by atomic mass is 9.87. The van der Waals surface area contributed by atoms with Crippen molar-refractivity contribution in [1.29, 1.82) is 0 Å². The summed E-state index contributed by atoms with van der Waals surface area (Å²) in [5.41, 5.74) is 4.76. The Morgan fingerprint density at radius 1 is 1.05 bits per heavy atom. The molecule has 0 spiro atoms. The molecule has 2 nitrogen and oxygen atoms in total. The molecule has 0 unspecified atom stereocenters. The quantitative estimate of drug-likeness (QED) is 0.797. The molecule has 2 heteroatoms. The van der Waals surface area contributed by atoms with Gasteiger partial charge in [-0.25, -0.2) is 0 Å². The first kappa shape index (κ1) is 14.7. The van der Waals surface area contributed by atoms with Crippen molar-refractivity contribution in [3.8, 4) is 11.4 Å². The number of unbranched alkanes of at least 4 members (excludes halogenated alkanes) is 1. The molecule has 0 aliphatic rings. The molecule has 0 radical (unpaired) electrons. The summed E-state index contributed by atoms with van der Waals surface area (Å²) in [5.74, 6) is 0. The highest BCUT2D eigenvalue weighted by molar-refractivity contribution is 5.59. The van der Waals surface area contributed by atoms with Crippen LogP contribution in [0.2, 0.25) is 0 Å². The van der Waals surface area contributed by atoms with Crippen molar-refractivity contribution in [1.82, 2.24) is 9.97 Å². The van der Waals surface area contributed by atoms with Gasteiger partial charge in [0, 0.05) is 12.4 Å². The van der Waals surface area contributed by atoms with Crippen LogP contribution in [-0.4, -0.2) is 9.97 Å². The fraction of sp³-hybridized carbons (Fsp3) is 0.444. The van der Waals surface area contributed by atoms with Crippen LogP contribution < -0.4 is 0 Å². The molecule has 2 heterocycles. The van der Waals surface area contributed by atoms with Crippen LogP contribution in [0.1, 0.15) is 51.7 Å². The van der Waals surface area contributed by atoms with Crippen LogP contribution >= 0.6 is 0 Å². The molecule has 0 bridgehead atoms. The van der Waals surface area contributed by atoms with Crippen molar-refractivity contribution in [3.05, 3.63) is 47.8 Å². The van der Waals surface area contributed by atoms with Gasteiger partial charge in [0.25, 0.3) is 0 Å². The molecule has 0 aromatic carbocycles. The molecule has 0 saturated carbocycles. The molecular weight excluding hydrogens is 244 g/mol. The van der Waals surface area contributed by atoms with Crippen LogP contribution in [0.3, 0.4) is 0 Å². The van der Waals surface area contributed by atoms with E-state index in [2.05, 4.69) is 55.9 Å². The summed E-state index contributed by atoms with van der Waals surface area (Å²) in [6.45, 7) is 8.89. The molecular formula is C18H24N2. The molecule has 2 rings (SSSR count). The number of aromatic nitrogens is 2. The lowest BCUT2D eigenvalue weighted by molar-refractivity contribution is 0.589. The first-order valence-corrected chi connectivity index (χ1v) is 7.43. The molecule has 0 aliphatic carbocycles. The monoisotopic (exact) mass is 268 g/mol. The minimum atomic E-state index is 0.135. The number of rotatable bonds is 4. The van der Waals surface area contributed by atoms with Crippen LogP contribution in [0.15, 0.2) is 36.7 Å². The van der Waals surface area contributed by atoms with Gasteiger partial charge in [-0.3, -0.25) is 9.97 Å². The highest BCUT2D eigenvalue weighted by Crippen LogP contribution is 2.27. The van der Waals surface area contributed by atoms with Crippen molar-refractivity contribution < 1.29 is 0 Å². The molecule has 0 atom stereocenters. The first-order valence-electron chi connectivity index (χ1n) is 7.43. The van der Waals surface area contributed by atoms with Crippen LogP contribution in [-0.2, 0) is 11.8 Å². The predicted octanol–water partition coefficient (Wildman–Crippen LogP) is 4.78. The van der Waals surface area contributed by atoms with Gasteiger partial charge >= 0.3 is 0 Å². The number of nitrogens with zero attached hydrogens (tertiary/aromatic N) is 2. The largest absolute Gasteiger partial charge is 0.255 e. The third kappa shape index (κ3) is 3.44. The van der Waals surface area contributed by atoms with E-state index in [9.17, 15) is 0 Å². The summed E-state index contributed by atoms with van der Waals surface area (Å²) in [4.78, 5) is 9.09. The maximum Gasteiger partial charge on any atom is 0.0918 e. The van der Waals surface area contributed by atoms with Crippen molar-refractivity contribution >= 4 is 0 Å². The maximum atomic E-state index is 4.56. The van der Waals surface area contributed by atoms with Gasteiger partial charge in [0.2, 0.25) is 0 Å². The molecule has 20 heavy (non-hydrogen) atoms. The van der Waals surface area contributed by atoms with Crippen molar-refractivity contribution in [2.24, 2.45) is 0 Å². The molecule has 106 valence electrons. The Bertz CT molecular complexity index is 568. The standard InChI is InChI=1S/C18H24N2/c1-5-6-8-14-9-7-11-20-17(14)16-13-15(10-12-19-16)18(2,3)4/h7,9-13H,5-6,8H2,1-4H3. The minimum Gasteiger partial charge on any atom is -0.255 e. The van der Waals surface area contributed by atoms with Gasteiger partial charge < -0.3 is 0 Å². The van der Waals surface area contributed by atoms with Gasteiger partial charge in [0.15, 0.2) is 0 Å². The fourth-order valence-electron chi connectivity index (χ4n) is 2.26. The fourth-order valence-corrected chi connectivity index (χ4v) is 2.26. The van der Waals surface area contributed by atoms with E-state index < -0.39 is 0 Å². The van der Waals surface area contributed by atoms with Gasteiger partial charge in [0.1, 0.15) is 0 Å². The second-order valence-electron chi connectivity index (χ2n) is 6.29. The van der Waals surface area contributed by atoms with E-state index in [1.165, 1.54) is 24.0 Å². The SMILES string of the molecule is CCCCc1cccnc1-c1cc(C(C)(C)C)ccn1. The Hall–Kier alpha value is -1.70. The minimum absolute atomic E-state index is 0.135. The van der Waals surface area contributed by atoms with Gasteiger partial charge in [-0.05, 0) is 47.6 Å². The van der Waals surface area contributed by atoms with Crippen LogP contribution in [0, 0.1) is 0 Å². The number of hydrogen-bond acceptors (Lipinski definition) is 2. The van der Waals surface area contributed by atoms with E-state index in [1.54, 1.807) is 0 Å². The first-order chi connectivity index (χ1) is 9.52. The Balaban J connectivity index is 2.41. The molecule has 0 N–H and O–H groups in total. The van der Waals surface area contributed by atoms with Crippen LogP contribution in [0.4, 0.5) is 0 Å². The smallest absolute Gasteiger partial charge is 0.0918 e. The van der Waals surface area contributed by atoms with Gasteiger partial charge in [-0.15, -0.1) is 0 Å². The second-order valence-corrected chi connectivity index (χ2v) is 6.29. The van der Waals surface area contributed by atoms with Crippen LogP contribution in [0.5, 0.6) is 0 Å². The Kier molecular flexibility index (Phi) is 4.53. The van der Waals surface area contributed by atoms with E-state index >= 15 is 0 Å². The van der Waals surface area contributed by atoms with E-state index in [-0.39, 0.29) is 5.41 Å². The van der Waals surface area contributed by atoms with Gasteiger partial charge in [-0.2, -0.15) is 0 Å². The summed E-state index contributed by atoms with van der Waals surface area (Å²) in [7, 11) is 0. The topological polar surface area (TPSA) is 25.8 Å². The molecule has 0 amide bonds. The Morgan fingerprint density at radius 3 is 2.55 bits per heavy atom. The number of aryl methyl sites for hydroxylation is 1. The van der Waals surface area contributed by atoms with Crippen molar-refractivity contribution in [2.75, 3.05) is 0 Å². The van der Waals surface area contributed by atoms with E-state index in [4.69, 9.17) is 0 Å². The lowest BCUT2D eigenvalue weighted by Crippen LogP contribution is -2.11. The van der Waals surface area contributed by atoms with E-state index in [0.717, 1.165) is 17.8 Å². The molecule has 2 aromatic heterocycles. The number of hydrogen-bond donors (Lipinski definition) is 0. The van der Waals surface area contributed by atoms with Gasteiger partial charge in [0.05, 0.1) is 11.4 Å². The summed E-state index contributed by atoms with van der Waals surface area (Å²) in [6.07, 6.45) is 7.22. The highest BCUT2D eigenvalue weighted by atomic mass is 14.8. The van der Waals surface area contributed by atoms with E-state index in [0.29, 0.717) is 0 Å². The molecule has 0 aliphatic heterocycles. The molecule has 0 fully saturated rings. The molecule has 2 aromatic rings. The average Bonchev–Trinajstić information content (AvgIpc) is 2.45.